The quantitative estimate of drug-likeness (QED) is 0.866. The number of nitrogens with zero attached hydrogens (tertiary/aromatic N) is 1. The van der Waals surface area contributed by atoms with Crippen LogP contribution in [0, 0.1) is 0 Å². The molecular formula is C21H23NO4. The number of hydrogen-bond donors (Lipinski definition) is 1. The number of para-hydroxylation sites is 2. The van der Waals surface area contributed by atoms with Crippen molar-refractivity contribution >= 4 is 17.4 Å². The summed E-state index contributed by atoms with van der Waals surface area (Å²) in [4.78, 5) is 26.2. The highest BCUT2D eigenvalue weighted by Gasteiger charge is 2.50. The molecule has 1 aliphatic heterocycles. The molecule has 0 bridgehead atoms. The van der Waals surface area contributed by atoms with Gasteiger partial charge in [0, 0.05) is 17.5 Å². The van der Waals surface area contributed by atoms with Crippen molar-refractivity contribution in [3.05, 3.63) is 59.7 Å². The molecule has 0 aliphatic carbocycles. The molecule has 3 rings (SSSR count). The Morgan fingerprint density at radius 2 is 1.81 bits per heavy atom. The molecule has 2 aromatic carbocycles. The van der Waals surface area contributed by atoms with Crippen LogP contribution in [0.25, 0.3) is 0 Å². The van der Waals surface area contributed by atoms with Gasteiger partial charge < -0.3 is 14.7 Å². The lowest BCUT2D eigenvalue weighted by Crippen LogP contribution is -2.41. The Morgan fingerprint density at radius 3 is 2.50 bits per heavy atom. The Morgan fingerprint density at radius 1 is 1.15 bits per heavy atom. The normalized spacial score (nSPS) is 19.0. The van der Waals surface area contributed by atoms with Crippen LogP contribution in [0.1, 0.15) is 38.3 Å². The van der Waals surface area contributed by atoms with Gasteiger partial charge in [-0.3, -0.25) is 9.59 Å². The van der Waals surface area contributed by atoms with Crippen molar-refractivity contribution < 1.29 is 19.4 Å². The van der Waals surface area contributed by atoms with Gasteiger partial charge in [0.25, 0.3) is 5.91 Å². The summed E-state index contributed by atoms with van der Waals surface area (Å²) in [5.41, 5.74) is 0.135. The molecule has 2 aromatic rings. The molecule has 0 fully saturated rings. The lowest BCUT2D eigenvalue weighted by Gasteiger charge is -2.23. The van der Waals surface area contributed by atoms with Gasteiger partial charge in [-0.25, -0.2) is 0 Å². The number of benzene rings is 2. The average Bonchev–Trinajstić information content (AvgIpc) is 2.78. The molecule has 26 heavy (non-hydrogen) atoms. The number of ketones is 1. The molecule has 5 heteroatoms. The van der Waals surface area contributed by atoms with Gasteiger partial charge in [-0.05, 0) is 32.9 Å². The van der Waals surface area contributed by atoms with Crippen molar-refractivity contribution in [2.75, 3.05) is 4.90 Å². The number of anilines is 1. The first-order chi connectivity index (χ1) is 12.3. The average molecular weight is 353 g/mol. The number of hydrogen-bond acceptors (Lipinski definition) is 4. The predicted molar refractivity (Wildman–Crippen MR) is 99.0 cm³/mol. The SMILES string of the molecule is CC(=O)C[C@@]1(O)C(=O)N(Cc2ccccc2OC(C)C)c2ccccc21. The number of carbonyl (C=O) groups is 2. The van der Waals surface area contributed by atoms with E-state index in [1.807, 2.05) is 44.2 Å². The minimum absolute atomic E-state index is 0.00682. The maximum absolute atomic E-state index is 13.0. The van der Waals surface area contributed by atoms with E-state index in [4.69, 9.17) is 4.74 Å². The van der Waals surface area contributed by atoms with Crippen LogP contribution in [0.3, 0.4) is 0 Å². The zero-order valence-corrected chi connectivity index (χ0v) is 15.2. The van der Waals surface area contributed by atoms with E-state index in [-0.39, 0.29) is 24.9 Å². The standard InChI is InChI=1S/C21H23NO4/c1-14(2)26-19-11-7-4-8-16(19)13-22-18-10-6-5-9-17(18)21(25,20(22)24)12-15(3)23/h4-11,14,25H,12-13H2,1-3H3/t21-/m0/s1. The van der Waals surface area contributed by atoms with Crippen LogP contribution in [0.4, 0.5) is 5.69 Å². The van der Waals surface area contributed by atoms with Crippen molar-refractivity contribution in [2.45, 2.75) is 45.4 Å². The minimum Gasteiger partial charge on any atom is -0.491 e. The molecule has 1 heterocycles. The van der Waals surface area contributed by atoms with Gasteiger partial charge in [-0.2, -0.15) is 0 Å². The van der Waals surface area contributed by atoms with Crippen molar-refractivity contribution in [2.24, 2.45) is 0 Å². The van der Waals surface area contributed by atoms with Crippen LogP contribution in [-0.4, -0.2) is 22.9 Å². The number of fused-ring (bicyclic) bond motifs is 1. The highest BCUT2D eigenvalue weighted by Crippen LogP contribution is 2.43. The van der Waals surface area contributed by atoms with Gasteiger partial charge in [0.1, 0.15) is 11.5 Å². The smallest absolute Gasteiger partial charge is 0.264 e. The Hall–Kier alpha value is -2.66. The summed E-state index contributed by atoms with van der Waals surface area (Å²) in [5, 5.41) is 11.0. The summed E-state index contributed by atoms with van der Waals surface area (Å²) in [6, 6.07) is 14.6. The minimum atomic E-state index is -1.81. The molecule has 0 radical (unpaired) electrons. The van der Waals surface area contributed by atoms with E-state index >= 15 is 0 Å². The second-order valence-electron chi connectivity index (χ2n) is 6.92. The molecule has 0 unspecified atom stereocenters. The molecule has 0 aromatic heterocycles. The van der Waals surface area contributed by atoms with E-state index in [1.165, 1.54) is 11.8 Å². The van der Waals surface area contributed by atoms with E-state index in [0.717, 1.165) is 5.56 Å². The Balaban J connectivity index is 2.00. The summed E-state index contributed by atoms with van der Waals surface area (Å²) in [6.45, 7) is 5.53. The first-order valence-corrected chi connectivity index (χ1v) is 8.71. The van der Waals surface area contributed by atoms with Crippen molar-refractivity contribution in [3.63, 3.8) is 0 Å². The third-order valence-electron chi connectivity index (χ3n) is 4.41. The van der Waals surface area contributed by atoms with Crippen molar-refractivity contribution in [1.82, 2.24) is 0 Å². The van der Waals surface area contributed by atoms with E-state index in [9.17, 15) is 14.7 Å². The molecule has 0 saturated heterocycles. The molecular weight excluding hydrogens is 330 g/mol. The summed E-state index contributed by atoms with van der Waals surface area (Å²) in [5.74, 6) is -0.0101. The number of rotatable bonds is 6. The number of amides is 1. The summed E-state index contributed by atoms with van der Waals surface area (Å²) < 4.78 is 5.84. The zero-order valence-electron chi connectivity index (χ0n) is 15.2. The van der Waals surface area contributed by atoms with Crippen molar-refractivity contribution in [1.29, 1.82) is 0 Å². The molecule has 136 valence electrons. The van der Waals surface area contributed by atoms with E-state index in [2.05, 4.69) is 0 Å². The highest BCUT2D eigenvalue weighted by molar-refractivity contribution is 6.08. The Kier molecular flexibility index (Phi) is 4.83. The van der Waals surface area contributed by atoms with Crippen LogP contribution in [0.2, 0.25) is 0 Å². The van der Waals surface area contributed by atoms with Crippen LogP contribution < -0.4 is 9.64 Å². The third-order valence-corrected chi connectivity index (χ3v) is 4.41. The fraction of sp³-hybridized carbons (Fsp3) is 0.333. The number of aliphatic hydroxyl groups is 1. The summed E-state index contributed by atoms with van der Waals surface area (Å²) >= 11 is 0. The molecule has 1 atom stereocenters. The first kappa shape index (κ1) is 18.1. The second-order valence-corrected chi connectivity index (χ2v) is 6.92. The van der Waals surface area contributed by atoms with E-state index in [0.29, 0.717) is 17.0 Å². The number of ether oxygens (including phenoxy) is 1. The van der Waals surface area contributed by atoms with Gasteiger partial charge in [0.15, 0.2) is 5.60 Å². The fourth-order valence-electron chi connectivity index (χ4n) is 3.37. The van der Waals surface area contributed by atoms with Gasteiger partial charge in [-0.1, -0.05) is 36.4 Å². The first-order valence-electron chi connectivity index (χ1n) is 8.71. The van der Waals surface area contributed by atoms with Crippen LogP contribution in [-0.2, 0) is 21.7 Å². The molecule has 5 nitrogen and oxygen atoms in total. The topological polar surface area (TPSA) is 66.8 Å². The van der Waals surface area contributed by atoms with Crippen LogP contribution >= 0.6 is 0 Å². The maximum atomic E-state index is 13.0. The van der Waals surface area contributed by atoms with Gasteiger partial charge >= 0.3 is 0 Å². The number of carbonyl (C=O) groups excluding carboxylic acids is 2. The van der Waals surface area contributed by atoms with Gasteiger partial charge in [0.05, 0.1) is 18.3 Å². The number of Topliss-reactive ketones (excluding diaryl/α,β-unsaturated/α-hetero) is 1. The van der Waals surface area contributed by atoms with E-state index in [1.54, 1.807) is 18.2 Å². The largest absolute Gasteiger partial charge is 0.491 e. The predicted octanol–water partition coefficient (Wildman–Crippen LogP) is 3.19. The third kappa shape index (κ3) is 3.22. The van der Waals surface area contributed by atoms with Gasteiger partial charge in [-0.15, -0.1) is 0 Å². The molecule has 1 N–H and O–H groups in total. The van der Waals surface area contributed by atoms with Crippen molar-refractivity contribution in [3.8, 4) is 5.75 Å². The molecule has 0 spiro atoms. The summed E-state index contributed by atoms with van der Waals surface area (Å²) in [7, 11) is 0. The molecule has 1 aliphatic rings. The monoisotopic (exact) mass is 353 g/mol. The fourth-order valence-corrected chi connectivity index (χ4v) is 3.37. The zero-order chi connectivity index (χ0) is 18.9. The van der Waals surface area contributed by atoms with Crippen LogP contribution in [0.5, 0.6) is 5.75 Å². The molecule has 1 amide bonds. The highest BCUT2D eigenvalue weighted by atomic mass is 16.5. The maximum Gasteiger partial charge on any atom is 0.264 e. The summed E-state index contributed by atoms with van der Waals surface area (Å²) in [6.07, 6.45) is -0.226. The molecule has 0 saturated carbocycles. The Bertz CT molecular complexity index is 845. The Labute approximate surface area is 153 Å². The lowest BCUT2D eigenvalue weighted by molar-refractivity contribution is -0.141. The lowest BCUT2D eigenvalue weighted by atomic mass is 9.90. The van der Waals surface area contributed by atoms with Gasteiger partial charge in [0.2, 0.25) is 0 Å². The van der Waals surface area contributed by atoms with E-state index < -0.39 is 11.5 Å². The van der Waals surface area contributed by atoms with Crippen LogP contribution in [0.15, 0.2) is 48.5 Å². The second kappa shape index (κ2) is 6.92.